The number of rotatable bonds is 5. The van der Waals surface area contributed by atoms with Crippen molar-refractivity contribution in [3.63, 3.8) is 0 Å². The minimum absolute atomic E-state index is 0.340. The topological polar surface area (TPSA) is 83.8 Å². The van der Waals surface area contributed by atoms with Gasteiger partial charge in [-0.15, -0.1) is 0 Å². The van der Waals surface area contributed by atoms with E-state index in [-0.39, 0.29) is 0 Å². The maximum absolute atomic E-state index is 11.7. The van der Waals surface area contributed by atoms with Crippen molar-refractivity contribution in [3.05, 3.63) is 29.8 Å². The van der Waals surface area contributed by atoms with E-state index in [9.17, 15) is 14.7 Å². The van der Waals surface area contributed by atoms with Gasteiger partial charge in [-0.3, -0.25) is 4.79 Å². The van der Waals surface area contributed by atoms with Gasteiger partial charge in [0, 0.05) is 5.56 Å². The van der Waals surface area contributed by atoms with E-state index in [1.807, 2.05) is 0 Å². The second-order valence-corrected chi connectivity index (χ2v) is 3.91. The smallest absolute Gasteiger partial charge is 0.335 e. The molecule has 0 radical (unpaired) electrons. The molecule has 1 unspecified atom stereocenters. The van der Waals surface area contributed by atoms with E-state index >= 15 is 0 Å². The van der Waals surface area contributed by atoms with Crippen LogP contribution in [0.2, 0.25) is 0 Å². The molecule has 0 saturated carbocycles. The lowest BCUT2D eigenvalue weighted by Gasteiger charge is -2.16. The van der Waals surface area contributed by atoms with Gasteiger partial charge in [-0.05, 0) is 31.2 Å². The third kappa shape index (κ3) is 3.29. The van der Waals surface area contributed by atoms with Crippen LogP contribution in [0, 0.1) is 0 Å². The first-order valence-corrected chi connectivity index (χ1v) is 5.00. The van der Waals surface area contributed by atoms with Crippen molar-refractivity contribution in [2.75, 3.05) is 7.11 Å². The van der Waals surface area contributed by atoms with E-state index in [1.54, 1.807) is 12.1 Å². The predicted molar refractivity (Wildman–Crippen MR) is 60.2 cm³/mol. The molecule has 1 rings (SSSR count). The minimum atomic E-state index is -2.04. The molecule has 0 aliphatic carbocycles. The predicted octanol–water partition coefficient (Wildman–Crippen LogP) is 1.10. The van der Waals surface area contributed by atoms with Gasteiger partial charge in [-0.1, -0.05) is 0 Å². The molecule has 0 saturated heterocycles. The van der Waals surface area contributed by atoms with Crippen molar-refractivity contribution in [1.82, 2.24) is 0 Å². The molecule has 5 nitrogen and oxygen atoms in total. The van der Waals surface area contributed by atoms with Gasteiger partial charge < -0.3 is 14.9 Å². The second kappa shape index (κ2) is 4.97. The number of hydrogen-bond donors (Lipinski definition) is 2. The van der Waals surface area contributed by atoms with Gasteiger partial charge in [0.1, 0.15) is 5.75 Å². The van der Waals surface area contributed by atoms with Crippen LogP contribution in [0.5, 0.6) is 5.75 Å². The summed E-state index contributed by atoms with van der Waals surface area (Å²) >= 11 is 0. The summed E-state index contributed by atoms with van der Waals surface area (Å²) in [7, 11) is 1.51. The van der Waals surface area contributed by atoms with Gasteiger partial charge in [0.05, 0.1) is 13.5 Å². The Balaban J connectivity index is 2.80. The summed E-state index contributed by atoms with van der Waals surface area (Å²) in [4.78, 5) is 22.4. The number of carboxylic acids is 1. The van der Waals surface area contributed by atoms with Crippen molar-refractivity contribution >= 4 is 11.8 Å². The van der Waals surface area contributed by atoms with Crippen LogP contribution in [0.3, 0.4) is 0 Å². The quantitative estimate of drug-likeness (QED) is 0.750. The fourth-order valence-electron chi connectivity index (χ4n) is 1.27. The molecule has 2 N–H and O–H groups in total. The molecule has 0 heterocycles. The van der Waals surface area contributed by atoms with Gasteiger partial charge in [0.15, 0.2) is 11.4 Å². The van der Waals surface area contributed by atoms with Gasteiger partial charge in [-0.2, -0.15) is 0 Å². The zero-order valence-corrected chi connectivity index (χ0v) is 9.64. The van der Waals surface area contributed by atoms with Crippen LogP contribution < -0.4 is 4.74 Å². The van der Waals surface area contributed by atoms with Crippen molar-refractivity contribution in [2.45, 2.75) is 18.9 Å². The number of methoxy groups -OCH3 is 1. The molecular weight excluding hydrogens is 224 g/mol. The molecule has 0 amide bonds. The number of aliphatic hydroxyl groups is 1. The van der Waals surface area contributed by atoms with Gasteiger partial charge >= 0.3 is 5.97 Å². The number of carbonyl (C=O) groups excluding carboxylic acids is 1. The van der Waals surface area contributed by atoms with E-state index in [1.165, 1.54) is 19.2 Å². The Morgan fingerprint density at radius 2 is 1.82 bits per heavy atom. The summed E-state index contributed by atoms with van der Waals surface area (Å²) in [6, 6.07) is 6.25. The number of carbonyl (C=O) groups is 2. The average Bonchev–Trinajstić information content (AvgIpc) is 2.28. The summed E-state index contributed by atoms with van der Waals surface area (Å²) in [5.74, 6) is -1.24. The summed E-state index contributed by atoms with van der Waals surface area (Å²) in [6.07, 6.45) is -0.464. The Hall–Kier alpha value is -1.88. The first kappa shape index (κ1) is 13.2. The number of ether oxygens (including phenoxy) is 1. The van der Waals surface area contributed by atoms with Crippen molar-refractivity contribution in [1.29, 1.82) is 0 Å². The Kier molecular flexibility index (Phi) is 3.85. The fourth-order valence-corrected chi connectivity index (χ4v) is 1.27. The van der Waals surface area contributed by atoms with Gasteiger partial charge in [-0.25, -0.2) is 4.79 Å². The third-order valence-corrected chi connectivity index (χ3v) is 2.38. The Morgan fingerprint density at radius 3 is 2.24 bits per heavy atom. The first-order valence-electron chi connectivity index (χ1n) is 5.00. The Morgan fingerprint density at radius 1 is 1.29 bits per heavy atom. The van der Waals surface area contributed by atoms with E-state index in [2.05, 4.69) is 0 Å². The van der Waals surface area contributed by atoms with Crippen molar-refractivity contribution in [3.8, 4) is 5.75 Å². The number of benzene rings is 1. The lowest BCUT2D eigenvalue weighted by molar-refractivity contribution is -0.156. The van der Waals surface area contributed by atoms with E-state index in [0.717, 1.165) is 6.92 Å². The Labute approximate surface area is 98.6 Å². The second-order valence-electron chi connectivity index (χ2n) is 3.91. The molecule has 1 aromatic rings. The zero-order chi connectivity index (χ0) is 13.1. The molecular formula is C12H14O5. The summed E-state index contributed by atoms with van der Waals surface area (Å²) in [5, 5.41) is 18.2. The van der Waals surface area contributed by atoms with Gasteiger partial charge in [0.2, 0.25) is 0 Å². The molecule has 5 heteroatoms. The molecule has 92 valence electrons. The summed E-state index contributed by atoms with van der Waals surface area (Å²) in [6.45, 7) is 1.09. The van der Waals surface area contributed by atoms with Crippen molar-refractivity contribution in [2.24, 2.45) is 0 Å². The highest BCUT2D eigenvalue weighted by molar-refractivity contribution is 5.99. The fraction of sp³-hybridized carbons (Fsp3) is 0.333. The molecule has 0 aliphatic rings. The number of ketones is 1. The molecule has 0 spiro atoms. The molecule has 0 aliphatic heterocycles. The molecule has 0 bridgehead atoms. The summed E-state index contributed by atoms with van der Waals surface area (Å²) in [5.41, 5.74) is -1.70. The van der Waals surface area contributed by atoms with Gasteiger partial charge in [0.25, 0.3) is 0 Å². The van der Waals surface area contributed by atoms with Crippen LogP contribution >= 0.6 is 0 Å². The molecule has 1 atom stereocenters. The highest BCUT2D eigenvalue weighted by Crippen LogP contribution is 2.17. The van der Waals surface area contributed by atoms with Crippen LogP contribution in [0.4, 0.5) is 0 Å². The number of carboxylic acid groups (broad SMARTS) is 1. The van der Waals surface area contributed by atoms with E-state index in [0.29, 0.717) is 11.3 Å². The monoisotopic (exact) mass is 238 g/mol. The SMILES string of the molecule is COc1ccc(C(=O)CC(C)(O)C(=O)O)cc1. The standard InChI is InChI=1S/C12H14O5/c1-12(16,11(14)15)7-10(13)8-3-5-9(17-2)6-4-8/h3-6,16H,7H2,1-2H3,(H,14,15). The molecule has 0 fully saturated rings. The zero-order valence-electron chi connectivity index (χ0n) is 9.64. The lowest BCUT2D eigenvalue weighted by atomic mass is 9.96. The van der Waals surface area contributed by atoms with E-state index < -0.39 is 23.8 Å². The molecule has 1 aromatic carbocycles. The van der Waals surface area contributed by atoms with Crippen LogP contribution in [0.1, 0.15) is 23.7 Å². The van der Waals surface area contributed by atoms with Crippen LogP contribution in [-0.4, -0.2) is 34.7 Å². The minimum Gasteiger partial charge on any atom is -0.497 e. The van der Waals surface area contributed by atoms with Crippen LogP contribution in [0.15, 0.2) is 24.3 Å². The lowest BCUT2D eigenvalue weighted by Crippen LogP contribution is -2.37. The van der Waals surface area contributed by atoms with Crippen molar-refractivity contribution < 1.29 is 24.5 Å². The largest absolute Gasteiger partial charge is 0.497 e. The maximum atomic E-state index is 11.7. The van der Waals surface area contributed by atoms with Crippen LogP contribution in [-0.2, 0) is 4.79 Å². The molecule has 17 heavy (non-hydrogen) atoms. The third-order valence-electron chi connectivity index (χ3n) is 2.38. The first-order chi connectivity index (χ1) is 7.86. The van der Waals surface area contributed by atoms with E-state index in [4.69, 9.17) is 9.84 Å². The normalized spacial score (nSPS) is 13.8. The maximum Gasteiger partial charge on any atom is 0.335 e. The van der Waals surface area contributed by atoms with Crippen LogP contribution in [0.25, 0.3) is 0 Å². The summed E-state index contributed by atoms with van der Waals surface area (Å²) < 4.78 is 4.93. The number of aliphatic carboxylic acids is 1. The highest BCUT2D eigenvalue weighted by Gasteiger charge is 2.32. The highest BCUT2D eigenvalue weighted by atomic mass is 16.5. The number of Topliss-reactive ketones (excluding diaryl/α,β-unsaturated/α-hetero) is 1. The Bertz CT molecular complexity index is 419. The average molecular weight is 238 g/mol. The molecule has 0 aromatic heterocycles. The number of hydrogen-bond acceptors (Lipinski definition) is 4.